The lowest BCUT2D eigenvalue weighted by molar-refractivity contribution is -0.149. The van der Waals surface area contributed by atoms with Crippen molar-refractivity contribution in [3.63, 3.8) is 0 Å². The summed E-state index contributed by atoms with van der Waals surface area (Å²) in [6, 6.07) is 4.95. The average molecular weight is 311 g/mol. The van der Waals surface area contributed by atoms with Crippen LogP contribution in [0.3, 0.4) is 0 Å². The van der Waals surface area contributed by atoms with Crippen LogP contribution in [0.15, 0.2) is 18.2 Å². The van der Waals surface area contributed by atoms with Gasteiger partial charge in [-0.1, -0.05) is 18.5 Å². The molecule has 0 radical (unpaired) electrons. The van der Waals surface area contributed by atoms with Crippen LogP contribution in [0.1, 0.15) is 36.5 Å². The zero-order valence-corrected chi connectivity index (χ0v) is 12.7. The number of rotatable bonds is 4. The second-order valence-electron chi connectivity index (χ2n) is 5.49. The van der Waals surface area contributed by atoms with Gasteiger partial charge in [-0.15, -0.1) is 0 Å². The molecular formula is C15H19ClN2O3. The Labute approximate surface area is 128 Å². The number of carbonyl (C=O) groups excluding carboxylic acids is 1. The summed E-state index contributed by atoms with van der Waals surface area (Å²) in [7, 11) is 0. The number of carboxylic acids is 1. The quantitative estimate of drug-likeness (QED) is 0.895. The van der Waals surface area contributed by atoms with Gasteiger partial charge < -0.3 is 15.7 Å². The van der Waals surface area contributed by atoms with Crippen LogP contribution in [0, 0.1) is 5.41 Å². The van der Waals surface area contributed by atoms with Gasteiger partial charge in [-0.3, -0.25) is 9.59 Å². The molecule has 1 aliphatic rings. The first-order chi connectivity index (χ1) is 9.89. The zero-order chi connectivity index (χ0) is 15.6. The van der Waals surface area contributed by atoms with Gasteiger partial charge in [-0.05, 0) is 37.5 Å². The molecule has 1 amide bonds. The summed E-state index contributed by atoms with van der Waals surface area (Å²) in [5.41, 5.74) is 5.63. The van der Waals surface area contributed by atoms with E-state index in [4.69, 9.17) is 17.3 Å². The second-order valence-corrected chi connectivity index (χ2v) is 5.93. The number of benzene rings is 1. The predicted molar refractivity (Wildman–Crippen MR) is 81.8 cm³/mol. The number of hydrogen-bond acceptors (Lipinski definition) is 3. The van der Waals surface area contributed by atoms with Gasteiger partial charge in [0.1, 0.15) is 0 Å². The number of nitrogens with two attached hydrogens (primary N) is 1. The molecule has 1 aliphatic heterocycles. The van der Waals surface area contributed by atoms with Crippen molar-refractivity contribution in [1.29, 1.82) is 0 Å². The highest BCUT2D eigenvalue weighted by molar-refractivity contribution is 6.31. The van der Waals surface area contributed by atoms with Crippen molar-refractivity contribution in [2.45, 2.75) is 26.2 Å². The zero-order valence-electron chi connectivity index (χ0n) is 11.9. The third-order valence-electron chi connectivity index (χ3n) is 4.27. The normalized spacial score (nSPS) is 22.1. The van der Waals surface area contributed by atoms with E-state index in [2.05, 4.69) is 0 Å². The number of hydrogen-bond donors (Lipinski definition) is 2. The summed E-state index contributed by atoms with van der Waals surface area (Å²) in [5, 5.41) is 9.97. The smallest absolute Gasteiger partial charge is 0.311 e. The van der Waals surface area contributed by atoms with E-state index < -0.39 is 17.3 Å². The Bertz CT molecular complexity index is 576. The summed E-state index contributed by atoms with van der Waals surface area (Å²) in [5.74, 6) is -1.35. The van der Waals surface area contributed by atoms with E-state index >= 15 is 0 Å². The maximum Gasteiger partial charge on any atom is 0.311 e. The molecule has 1 heterocycles. The Balaban J connectivity index is 2.38. The van der Waals surface area contributed by atoms with Crippen molar-refractivity contribution in [3.8, 4) is 0 Å². The molecular weight excluding hydrogens is 292 g/mol. The van der Waals surface area contributed by atoms with Crippen LogP contribution in [0.5, 0.6) is 0 Å². The second kappa shape index (κ2) is 5.93. The molecule has 1 saturated heterocycles. The summed E-state index contributed by atoms with van der Waals surface area (Å²) in [6.07, 6.45) is 1.97. The molecule has 5 nitrogen and oxygen atoms in total. The van der Waals surface area contributed by atoms with E-state index in [1.54, 1.807) is 12.1 Å². The van der Waals surface area contributed by atoms with Crippen molar-refractivity contribution in [2.75, 3.05) is 18.0 Å². The minimum atomic E-state index is -0.788. The minimum absolute atomic E-state index is 0.333. The number of carboxylic acid groups (broad SMARTS) is 1. The molecule has 6 heteroatoms. The van der Waals surface area contributed by atoms with Crippen molar-refractivity contribution in [3.05, 3.63) is 28.8 Å². The van der Waals surface area contributed by atoms with E-state index in [0.29, 0.717) is 42.2 Å². The van der Waals surface area contributed by atoms with Gasteiger partial charge in [0.25, 0.3) is 5.91 Å². The number of carbonyl (C=O) groups is 2. The van der Waals surface area contributed by atoms with Crippen LogP contribution < -0.4 is 10.6 Å². The molecule has 0 aliphatic carbocycles. The maximum absolute atomic E-state index is 11.6. The molecule has 114 valence electrons. The third-order valence-corrected chi connectivity index (χ3v) is 4.51. The lowest BCUT2D eigenvalue weighted by Crippen LogP contribution is -2.48. The Morgan fingerprint density at radius 1 is 1.48 bits per heavy atom. The highest BCUT2D eigenvalue weighted by Gasteiger charge is 2.41. The Hall–Kier alpha value is -1.75. The van der Waals surface area contributed by atoms with Gasteiger partial charge in [0.05, 0.1) is 11.0 Å². The monoisotopic (exact) mass is 310 g/mol. The molecule has 1 aromatic carbocycles. The Morgan fingerprint density at radius 3 is 2.76 bits per heavy atom. The molecule has 1 aromatic rings. The lowest BCUT2D eigenvalue weighted by atomic mass is 9.77. The number of amides is 1. The molecule has 1 unspecified atom stereocenters. The summed E-state index contributed by atoms with van der Waals surface area (Å²) in [6.45, 7) is 2.96. The summed E-state index contributed by atoms with van der Waals surface area (Å²) < 4.78 is 0. The largest absolute Gasteiger partial charge is 0.481 e. The van der Waals surface area contributed by atoms with Gasteiger partial charge in [0.2, 0.25) is 0 Å². The van der Waals surface area contributed by atoms with Crippen molar-refractivity contribution < 1.29 is 14.7 Å². The SMILES string of the molecule is CCC1(C(=O)O)CCCN(c2ccc(Cl)cc2C(N)=O)C1. The first-order valence-corrected chi connectivity index (χ1v) is 7.35. The van der Waals surface area contributed by atoms with Crippen LogP contribution in [0.25, 0.3) is 0 Å². The molecule has 0 saturated carbocycles. The van der Waals surface area contributed by atoms with Gasteiger partial charge in [-0.2, -0.15) is 0 Å². The Kier molecular flexibility index (Phi) is 4.42. The number of halogens is 1. The standard InChI is InChI=1S/C15H19ClN2O3/c1-2-15(14(20)21)6-3-7-18(9-15)12-5-4-10(16)8-11(12)13(17)19/h4-5,8H,2-3,6-7,9H2,1H3,(H2,17,19)(H,20,21). The molecule has 21 heavy (non-hydrogen) atoms. The van der Waals surface area contributed by atoms with Crippen LogP contribution >= 0.6 is 11.6 Å². The van der Waals surface area contributed by atoms with E-state index in [1.807, 2.05) is 11.8 Å². The van der Waals surface area contributed by atoms with Gasteiger partial charge >= 0.3 is 5.97 Å². The van der Waals surface area contributed by atoms with Gasteiger partial charge in [0.15, 0.2) is 0 Å². The topological polar surface area (TPSA) is 83.6 Å². The first kappa shape index (κ1) is 15.6. The van der Waals surface area contributed by atoms with Crippen LogP contribution in [-0.4, -0.2) is 30.1 Å². The summed E-state index contributed by atoms with van der Waals surface area (Å²) >= 11 is 5.91. The molecule has 0 aromatic heterocycles. The third kappa shape index (κ3) is 2.97. The predicted octanol–water partition coefficient (Wildman–Crippen LogP) is 2.52. The van der Waals surface area contributed by atoms with Crippen LogP contribution in [0.4, 0.5) is 5.69 Å². The van der Waals surface area contributed by atoms with E-state index in [0.717, 1.165) is 6.42 Å². The van der Waals surface area contributed by atoms with Crippen molar-refractivity contribution in [1.82, 2.24) is 0 Å². The number of nitrogens with zero attached hydrogens (tertiary/aromatic N) is 1. The highest BCUT2D eigenvalue weighted by atomic mass is 35.5. The highest BCUT2D eigenvalue weighted by Crippen LogP contribution is 2.37. The van der Waals surface area contributed by atoms with Crippen molar-refractivity contribution in [2.24, 2.45) is 11.1 Å². The van der Waals surface area contributed by atoms with Crippen LogP contribution in [0.2, 0.25) is 5.02 Å². The maximum atomic E-state index is 11.6. The molecule has 3 N–H and O–H groups in total. The lowest BCUT2D eigenvalue weighted by Gasteiger charge is -2.41. The molecule has 0 spiro atoms. The number of aliphatic carboxylic acids is 1. The van der Waals surface area contributed by atoms with E-state index in [-0.39, 0.29) is 0 Å². The van der Waals surface area contributed by atoms with Crippen molar-refractivity contribution >= 4 is 29.2 Å². The van der Waals surface area contributed by atoms with E-state index in [1.165, 1.54) is 6.07 Å². The van der Waals surface area contributed by atoms with Gasteiger partial charge in [0, 0.05) is 23.8 Å². The van der Waals surface area contributed by atoms with E-state index in [9.17, 15) is 14.7 Å². The number of piperidine rings is 1. The fourth-order valence-electron chi connectivity index (χ4n) is 2.93. The van der Waals surface area contributed by atoms with Crippen LogP contribution in [-0.2, 0) is 4.79 Å². The fourth-order valence-corrected chi connectivity index (χ4v) is 3.11. The first-order valence-electron chi connectivity index (χ1n) is 6.97. The number of primary amides is 1. The fraction of sp³-hybridized carbons (Fsp3) is 0.467. The summed E-state index contributed by atoms with van der Waals surface area (Å²) in [4.78, 5) is 25.1. The molecule has 2 rings (SSSR count). The van der Waals surface area contributed by atoms with Gasteiger partial charge in [-0.25, -0.2) is 0 Å². The average Bonchev–Trinajstić information content (AvgIpc) is 2.46. The minimum Gasteiger partial charge on any atom is -0.481 e. The number of anilines is 1. The Morgan fingerprint density at radius 2 is 2.19 bits per heavy atom. The molecule has 1 atom stereocenters. The molecule has 1 fully saturated rings. The molecule has 0 bridgehead atoms.